The summed E-state index contributed by atoms with van der Waals surface area (Å²) in [6.45, 7) is 2.76. The molecule has 1 aromatic carbocycles. The standard InChI is InChI=1S/C11H14O2.Li.H/c1-2-9-13-11-6-4-3-5-10(11)7-8-12;;/h3-6,8H,2,7,9H2,1H3;;/q;+1;-1. The van der Waals surface area contributed by atoms with Crippen LogP contribution in [-0.2, 0) is 11.2 Å². The Bertz CT molecular complexity index is 279. The second kappa shape index (κ2) is 7.67. The maximum absolute atomic E-state index is 10.3. The van der Waals surface area contributed by atoms with Crippen molar-refractivity contribution in [1.82, 2.24) is 0 Å². The topological polar surface area (TPSA) is 26.3 Å². The number of hydrogen-bond acceptors (Lipinski definition) is 2. The van der Waals surface area contributed by atoms with Crippen molar-refractivity contribution in [3.05, 3.63) is 29.8 Å². The van der Waals surface area contributed by atoms with Gasteiger partial charge in [0.2, 0.25) is 0 Å². The van der Waals surface area contributed by atoms with Crippen LogP contribution in [-0.4, -0.2) is 12.9 Å². The molecule has 1 rings (SSSR count). The van der Waals surface area contributed by atoms with Crippen molar-refractivity contribution >= 4 is 6.29 Å². The van der Waals surface area contributed by atoms with Crippen LogP contribution < -0.4 is 23.6 Å². The monoisotopic (exact) mass is 186 g/mol. The number of rotatable bonds is 5. The molecule has 72 valence electrons. The molecule has 0 aliphatic heterocycles. The fraction of sp³-hybridized carbons (Fsp3) is 0.364. The first-order valence-corrected chi connectivity index (χ1v) is 4.52. The largest absolute Gasteiger partial charge is 1.00 e. The Balaban J connectivity index is 0. The van der Waals surface area contributed by atoms with E-state index in [1.54, 1.807) is 0 Å². The molecule has 0 bridgehead atoms. The molecule has 0 N–H and O–H groups in total. The van der Waals surface area contributed by atoms with Crippen molar-refractivity contribution in [2.24, 2.45) is 0 Å². The van der Waals surface area contributed by atoms with Gasteiger partial charge in [0.15, 0.2) is 0 Å². The molecule has 0 unspecified atom stereocenters. The second-order valence-electron chi connectivity index (χ2n) is 2.83. The van der Waals surface area contributed by atoms with Gasteiger partial charge in [0.05, 0.1) is 6.61 Å². The predicted molar refractivity (Wildman–Crippen MR) is 53.1 cm³/mol. The van der Waals surface area contributed by atoms with Gasteiger partial charge >= 0.3 is 18.9 Å². The van der Waals surface area contributed by atoms with Gasteiger partial charge in [-0.15, -0.1) is 0 Å². The summed E-state index contributed by atoms with van der Waals surface area (Å²) in [5.41, 5.74) is 0.964. The fourth-order valence-corrected chi connectivity index (χ4v) is 1.12. The van der Waals surface area contributed by atoms with Gasteiger partial charge in [-0.2, -0.15) is 0 Å². The zero-order valence-electron chi connectivity index (χ0n) is 9.82. The van der Waals surface area contributed by atoms with E-state index in [4.69, 9.17) is 4.74 Å². The van der Waals surface area contributed by atoms with Gasteiger partial charge in [-0.1, -0.05) is 25.1 Å². The number of benzene rings is 1. The normalized spacial score (nSPS) is 8.93. The Morgan fingerprint density at radius 3 is 2.79 bits per heavy atom. The predicted octanol–water partition coefficient (Wildman–Crippen LogP) is -0.667. The van der Waals surface area contributed by atoms with Crippen molar-refractivity contribution in [1.29, 1.82) is 0 Å². The van der Waals surface area contributed by atoms with Crippen molar-refractivity contribution < 1.29 is 29.8 Å². The zero-order chi connectivity index (χ0) is 9.52. The van der Waals surface area contributed by atoms with E-state index in [-0.39, 0.29) is 20.3 Å². The maximum Gasteiger partial charge on any atom is 1.00 e. The van der Waals surface area contributed by atoms with Gasteiger partial charge in [-0.3, -0.25) is 0 Å². The molecule has 0 aliphatic carbocycles. The van der Waals surface area contributed by atoms with Crippen molar-refractivity contribution in [2.75, 3.05) is 6.61 Å². The van der Waals surface area contributed by atoms with Crippen LogP contribution in [0.2, 0.25) is 0 Å². The number of para-hydroxylation sites is 1. The van der Waals surface area contributed by atoms with E-state index in [1.807, 2.05) is 24.3 Å². The second-order valence-corrected chi connectivity index (χ2v) is 2.83. The molecule has 0 saturated heterocycles. The van der Waals surface area contributed by atoms with E-state index >= 15 is 0 Å². The smallest absolute Gasteiger partial charge is 1.00 e. The summed E-state index contributed by atoms with van der Waals surface area (Å²) in [6, 6.07) is 7.64. The number of carbonyl (C=O) groups is 1. The van der Waals surface area contributed by atoms with Crippen LogP contribution in [0.1, 0.15) is 20.3 Å². The summed E-state index contributed by atoms with van der Waals surface area (Å²) < 4.78 is 5.48. The molecule has 0 spiro atoms. The first-order chi connectivity index (χ1) is 6.38. The Labute approximate surface area is 98.3 Å². The van der Waals surface area contributed by atoms with E-state index in [1.165, 1.54) is 0 Å². The summed E-state index contributed by atoms with van der Waals surface area (Å²) in [7, 11) is 0. The maximum atomic E-state index is 10.3. The van der Waals surface area contributed by atoms with E-state index in [0.29, 0.717) is 13.0 Å². The third kappa shape index (κ3) is 4.00. The molecule has 14 heavy (non-hydrogen) atoms. The average Bonchev–Trinajstić information content (AvgIpc) is 2.17. The minimum absolute atomic E-state index is 0. The Morgan fingerprint density at radius 1 is 1.43 bits per heavy atom. The molecule has 0 radical (unpaired) electrons. The molecule has 0 fully saturated rings. The van der Waals surface area contributed by atoms with Gasteiger partial charge in [0, 0.05) is 12.0 Å². The summed E-state index contributed by atoms with van der Waals surface area (Å²) in [6.07, 6.45) is 2.31. The summed E-state index contributed by atoms with van der Waals surface area (Å²) >= 11 is 0. The van der Waals surface area contributed by atoms with Crippen LogP contribution in [0.15, 0.2) is 24.3 Å². The van der Waals surface area contributed by atoms with E-state index in [0.717, 1.165) is 24.0 Å². The van der Waals surface area contributed by atoms with Crippen molar-refractivity contribution in [3.8, 4) is 5.75 Å². The van der Waals surface area contributed by atoms with Crippen LogP contribution in [0, 0.1) is 0 Å². The van der Waals surface area contributed by atoms with Gasteiger partial charge in [0.1, 0.15) is 12.0 Å². The van der Waals surface area contributed by atoms with Crippen LogP contribution in [0.25, 0.3) is 0 Å². The van der Waals surface area contributed by atoms with Crippen LogP contribution >= 0.6 is 0 Å². The fourth-order valence-electron chi connectivity index (χ4n) is 1.12. The van der Waals surface area contributed by atoms with Crippen LogP contribution in [0.5, 0.6) is 5.75 Å². The molecule has 0 heterocycles. The third-order valence-electron chi connectivity index (χ3n) is 1.74. The van der Waals surface area contributed by atoms with E-state index in [2.05, 4.69) is 6.92 Å². The molecule has 0 amide bonds. The molecule has 0 saturated carbocycles. The summed E-state index contributed by atoms with van der Waals surface area (Å²) in [5.74, 6) is 0.830. The number of carbonyl (C=O) groups excluding carboxylic acids is 1. The van der Waals surface area contributed by atoms with Gasteiger partial charge in [-0.05, 0) is 12.5 Å². The minimum atomic E-state index is 0. The van der Waals surface area contributed by atoms with E-state index < -0.39 is 0 Å². The minimum Gasteiger partial charge on any atom is -1.00 e. The van der Waals surface area contributed by atoms with Gasteiger partial charge < -0.3 is 11.0 Å². The molecular formula is C11H15LiO2. The van der Waals surface area contributed by atoms with Crippen LogP contribution in [0.3, 0.4) is 0 Å². The molecular weight excluding hydrogens is 171 g/mol. The molecule has 0 atom stereocenters. The van der Waals surface area contributed by atoms with Gasteiger partial charge in [-0.25, -0.2) is 0 Å². The Morgan fingerprint density at radius 2 is 2.14 bits per heavy atom. The number of ether oxygens (including phenoxy) is 1. The third-order valence-corrected chi connectivity index (χ3v) is 1.74. The Kier molecular flexibility index (Phi) is 7.28. The molecule has 0 aromatic heterocycles. The van der Waals surface area contributed by atoms with Gasteiger partial charge in [0.25, 0.3) is 0 Å². The molecule has 0 aliphatic rings. The zero-order valence-corrected chi connectivity index (χ0v) is 8.82. The first kappa shape index (κ1) is 13.3. The first-order valence-electron chi connectivity index (χ1n) is 4.52. The molecule has 2 nitrogen and oxygen atoms in total. The number of hydrogen-bond donors (Lipinski definition) is 0. The molecule has 3 heteroatoms. The Hall–Kier alpha value is -0.713. The quantitative estimate of drug-likeness (QED) is 0.450. The summed E-state index contributed by atoms with van der Waals surface area (Å²) in [5, 5.41) is 0. The summed E-state index contributed by atoms with van der Waals surface area (Å²) in [4.78, 5) is 10.3. The SMILES string of the molecule is CCCOc1ccccc1CC=O.[H-].[Li+]. The van der Waals surface area contributed by atoms with Crippen molar-refractivity contribution in [3.63, 3.8) is 0 Å². The molecule has 1 aromatic rings. The van der Waals surface area contributed by atoms with E-state index in [9.17, 15) is 4.79 Å². The average molecular weight is 186 g/mol. The van der Waals surface area contributed by atoms with Crippen LogP contribution in [0.4, 0.5) is 0 Å². The van der Waals surface area contributed by atoms with Crippen molar-refractivity contribution in [2.45, 2.75) is 19.8 Å². The number of aldehydes is 1.